The first-order valence-corrected chi connectivity index (χ1v) is 19.8. The normalized spacial score (nSPS) is 17.4. The van der Waals surface area contributed by atoms with Crippen molar-refractivity contribution in [3.05, 3.63) is 83.7 Å². The fraction of sp³-hybridized carbons (Fsp3) is 0.455. The summed E-state index contributed by atoms with van der Waals surface area (Å²) in [6.07, 6.45) is 2.92. The summed E-state index contributed by atoms with van der Waals surface area (Å²) in [4.78, 5) is 58.3. The molecule has 18 nitrogen and oxygen atoms in total. The first-order chi connectivity index (χ1) is 26.3. The Morgan fingerprint density at radius 3 is 2.40 bits per heavy atom. The number of ether oxygens (including phenoxy) is 2. The minimum absolute atomic E-state index is 0.114. The first kappa shape index (κ1) is 43.3. The van der Waals surface area contributed by atoms with Gasteiger partial charge >= 0.3 is 34.5 Å². The van der Waals surface area contributed by atoms with Crippen molar-refractivity contribution in [1.82, 2.24) is 30.8 Å². The average molecular weight is 815 g/mol. The van der Waals surface area contributed by atoms with E-state index in [1.54, 1.807) is 11.0 Å². The van der Waals surface area contributed by atoms with E-state index in [9.17, 15) is 28.6 Å². The zero-order valence-corrected chi connectivity index (χ0v) is 31.3. The number of unbranched alkanes of at least 4 members (excludes halogenated alkanes) is 3. The Morgan fingerprint density at radius 1 is 1.02 bits per heavy atom. The maximum atomic E-state index is 16.1. The molecule has 0 saturated carbocycles. The minimum atomic E-state index is -3.79. The molecule has 0 aliphatic carbocycles. The SMILES string of the molecule is O=C(NCCCC(O)(O[PH](=O)O)O[PH](=O)O)Oc1ccccc1C(=O)O[C@H](/C=C/[C@H]1CCC(=O)N1CCCCCCc1nn[nH]n1)C(F)(F)c1ccccc1. The van der Waals surface area contributed by atoms with Crippen LogP contribution in [-0.4, -0.2) is 89.6 Å². The molecule has 1 aromatic heterocycles. The largest absolute Gasteiger partial charge is 0.448 e. The van der Waals surface area contributed by atoms with Crippen LogP contribution in [0.25, 0.3) is 0 Å². The molecule has 1 fully saturated rings. The van der Waals surface area contributed by atoms with Crippen LogP contribution in [0.1, 0.15) is 73.1 Å². The Hall–Kier alpha value is -4.42. The van der Waals surface area contributed by atoms with Gasteiger partial charge in [-0.1, -0.05) is 66.6 Å². The van der Waals surface area contributed by atoms with Crippen LogP contribution in [0.2, 0.25) is 0 Å². The van der Waals surface area contributed by atoms with Crippen LogP contribution in [0.15, 0.2) is 66.7 Å². The molecule has 2 unspecified atom stereocenters. The molecule has 2 aromatic carbocycles. The van der Waals surface area contributed by atoms with Crippen molar-refractivity contribution in [3.63, 3.8) is 0 Å². The highest BCUT2D eigenvalue weighted by Gasteiger charge is 2.44. The third-order valence-electron chi connectivity index (χ3n) is 8.31. The van der Waals surface area contributed by atoms with Crippen molar-refractivity contribution in [2.24, 2.45) is 0 Å². The number of aromatic amines is 1. The lowest BCUT2D eigenvalue weighted by Crippen LogP contribution is -2.36. The van der Waals surface area contributed by atoms with Crippen LogP contribution in [0.4, 0.5) is 13.6 Å². The maximum Gasteiger partial charge on any atom is 0.412 e. The number of rotatable bonds is 22. The molecule has 5 N–H and O–H groups in total. The number of halogens is 2. The van der Waals surface area contributed by atoms with Gasteiger partial charge in [0.05, 0.1) is 6.04 Å². The van der Waals surface area contributed by atoms with Crippen molar-refractivity contribution in [2.45, 2.75) is 81.8 Å². The van der Waals surface area contributed by atoms with Gasteiger partial charge in [-0.15, -0.1) is 10.2 Å². The molecular weight excluding hydrogens is 772 g/mol. The molecule has 55 heavy (non-hydrogen) atoms. The quantitative estimate of drug-likeness (QED) is 0.0314. The van der Waals surface area contributed by atoms with Gasteiger partial charge in [0.2, 0.25) is 5.91 Å². The number of hydrogen-bond acceptors (Lipinski definition) is 13. The lowest BCUT2D eigenvalue weighted by Gasteiger charge is -2.27. The smallest absolute Gasteiger partial charge is 0.412 e. The molecule has 1 saturated heterocycles. The van der Waals surface area contributed by atoms with Crippen LogP contribution in [-0.2, 0) is 40.1 Å². The van der Waals surface area contributed by atoms with Gasteiger partial charge in [0.1, 0.15) is 11.3 Å². The predicted octanol–water partition coefficient (Wildman–Crippen LogP) is 4.18. The predicted molar refractivity (Wildman–Crippen MR) is 189 cm³/mol. The average Bonchev–Trinajstić information content (AvgIpc) is 3.79. The molecule has 0 radical (unpaired) electrons. The first-order valence-electron chi connectivity index (χ1n) is 17.2. The highest BCUT2D eigenvalue weighted by atomic mass is 31.1. The number of tetrazole rings is 1. The molecule has 1 aliphatic heterocycles. The Balaban J connectivity index is 1.40. The fourth-order valence-corrected chi connectivity index (χ4v) is 6.60. The van der Waals surface area contributed by atoms with Crippen molar-refractivity contribution >= 4 is 34.5 Å². The molecule has 2 amide bonds. The number of para-hydroxylation sites is 1. The van der Waals surface area contributed by atoms with Gasteiger partial charge in [-0.25, -0.2) is 9.59 Å². The molecule has 300 valence electrons. The number of nitrogens with one attached hydrogen (secondary N) is 2. The number of carbonyl (C=O) groups is 3. The molecular formula is C33H42F2N6O12P2. The Kier molecular flexibility index (Phi) is 16.6. The number of carbonyl (C=O) groups excluding carboxylic acids is 3. The third-order valence-corrected chi connectivity index (χ3v) is 9.30. The van der Waals surface area contributed by atoms with Crippen LogP contribution in [0.3, 0.4) is 0 Å². The van der Waals surface area contributed by atoms with Gasteiger partial charge in [0, 0.05) is 37.9 Å². The van der Waals surface area contributed by atoms with Gasteiger partial charge in [-0.2, -0.15) is 14.0 Å². The Morgan fingerprint density at radius 2 is 1.71 bits per heavy atom. The van der Waals surface area contributed by atoms with Crippen LogP contribution >= 0.6 is 16.5 Å². The van der Waals surface area contributed by atoms with E-state index in [4.69, 9.17) is 19.3 Å². The lowest BCUT2D eigenvalue weighted by atomic mass is 10.0. The van der Waals surface area contributed by atoms with E-state index in [0.29, 0.717) is 31.6 Å². The van der Waals surface area contributed by atoms with Crippen LogP contribution in [0.5, 0.6) is 5.75 Å². The number of H-pyrrole nitrogens is 1. The standard InChI is InChI=1S/C33H42F2N6O12P2/c34-33(35,23-11-4-3-5-12-23)27(18-16-24-17-19-29(42)41(24)22-9-2-1-6-15-28-37-39-40-38-28)51-30(43)25-13-7-8-14-26(25)50-31(44)36-21-10-20-32(45,52-54(46)47)53-55(48)49/h3-5,7-8,11-14,16,18,24,27,45,54-55H,1-2,6,9-10,15,17,19-22H2,(H,36,44)(H,46,47)(H,48,49)(H,37,38,39,40)/b18-16+/t24-,27+/m0/s1. The van der Waals surface area contributed by atoms with Gasteiger partial charge < -0.3 is 34.6 Å². The highest BCUT2D eigenvalue weighted by molar-refractivity contribution is 7.33. The zero-order valence-electron chi connectivity index (χ0n) is 29.3. The van der Waals surface area contributed by atoms with E-state index in [1.807, 2.05) is 0 Å². The molecule has 0 bridgehead atoms. The Labute approximate surface area is 315 Å². The summed E-state index contributed by atoms with van der Waals surface area (Å²) < 4.78 is 73.3. The summed E-state index contributed by atoms with van der Waals surface area (Å²) in [5.41, 5.74) is -0.795. The zero-order chi connectivity index (χ0) is 39.8. The van der Waals surface area contributed by atoms with Gasteiger partial charge in [-0.3, -0.25) is 23.0 Å². The second kappa shape index (κ2) is 21.0. The van der Waals surface area contributed by atoms with E-state index in [0.717, 1.165) is 25.3 Å². The van der Waals surface area contributed by atoms with Gasteiger partial charge in [0.25, 0.3) is 5.97 Å². The summed E-state index contributed by atoms with van der Waals surface area (Å²) in [6.45, 7) is 0.136. The second-order valence-electron chi connectivity index (χ2n) is 12.2. The van der Waals surface area contributed by atoms with Gasteiger partial charge in [0.15, 0.2) is 11.9 Å². The Bertz CT molecular complexity index is 1780. The van der Waals surface area contributed by atoms with Crippen LogP contribution in [0, 0.1) is 0 Å². The molecule has 3 aromatic rings. The highest BCUT2D eigenvalue weighted by Crippen LogP contribution is 2.37. The summed E-state index contributed by atoms with van der Waals surface area (Å²) in [7, 11) is -7.57. The number of benzene rings is 2. The second-order valence-corrected chi connectivity index (χ2v) is 13.7. The van der Waals surface area contributed by atoms with Crippen molar-refractivity contribution in [2.75, 3.05) is 13.1 Å². The molecule has 2 heterocycles. The molecule has 4 atom stereocenters. The monoisotopic (exact) mass is 814 g/mol. The summed E-state index contributed by atoms with van der Waals surface area (Å²) in [5.74, 6) is -7.69. The maximum absolute atomic E-state index is 16.1. The molecule has 22 heteroatoms. The molecule has 0 spiro atoms. The van der Waals surface area contributed by atoms with Crippen molar-refractivity contribution in [3.8, 4) is 5.75 Å². The van der Waals surface area contributed by atoms with Crippen molar-refractivity contribution in [1.29, 1.82) is 0 Å². The van der Waals surface area contributed by atoms with Crippen LogP contribution < -0.4 is 10.1 Å². The number of esters is 1. The summed E-state index contributed by atoms with van der Waals surface area (Å²) >= 11 is 0. The summed E-state index contributed by atoms with van der Waals surface area (Å²) in [6, 6.07) is 11.5. The number of aromatic nitrogens is 4. The number of aliphatic hydroxyl groups is 1. The molecule has 1 aliphatic rings. The topological polar surface area (TPSA) is 253 Å². The number of aryl methyl sites for hydroxylation is 1. The van der Waals surface area contributed by atoms with Crippen molar-refractivity contribution < 1.29 is 65.7 Å². The number of hydrogen-bond donors (Lipinski definition) is 5. The third kappa shape index (κ3) is 13.7. The lowest BCUT2D eigenvalue weighted by molar-refractivity contribution is -0.277. The van der Waals surface area contributed by atoms with E-state index >= 15 is 8.78 Å². The number of likely N-dealkylation sites (tertiary alicyclic amines) is 1. The fourth-order valence-electron chi connectivity index (χ4n) is 5.68. The summed E-state index contributed by atoms with van der Waals surface area (Å²) in [5, 5.41) is 26.1. The van der Waals surface area contributed by atoms with E-state index < -0.39 is 64.6 Å². The number of amides is 2. The number of nitrogens with zero attached hydrogens (tertiary/aromatic N) is 4. The minimum Gasteiger partial charge on any atom is -0.448 e. The van der Waals surface area contributed by atoms with Gasteiger partial charge in [-0.05, 0) is 43.9 Å². The van der Waals surface area contributed by atoms with E-state index in [1.165, 1.54) is 54.6 Å². The van der Waals surface area contributed by atoms with E-state index in [2.05, 4.69) is 35.0 Å². The van der Waals surface area contributed by atoms with E-state index in [-0.39, 0.29) is 36.6 Å². The molecule has 4 rings (SSSR count). The number of alkyl halides is 2.